The van der Waals surface area contributed by atoms with Crippen molar-refractivity contribution in [3.05, 3.63) is 20.8 Å². The van der Waals surface area contributed by atoms with Crippen LogP contribution in [0.2, 0.25) is 0 Å². The molecule has 0 bridgehead atoms. The Hall–Kier alpha value is -2.40. The van der Waals surface area contributed by atoms with Crippen molar-refractivity contribution in [1.29, 1.82) is 0 Å². The number of amides is 4. The highest BCUT2D eigenvalue weighted by Gasteiger charge is 2.47. The van der Waals surface area contributed by atoms with Gasteiger partial charge in [-0.25, -0.2) is 9.78 Å². The molecule has 2 aromatic heterocycles. The predicted octanol–water partition coefficient (Wildman–Crippen LogP) is 3.03. The van der Waals surface area contributed by atoms with Gasteiger partial charge in [0.2, 0.25) is 5.91 Å². The lowest BCUT2D eigenvalue weighted by Crippen LogP contribution is -2.49. The number of rotatable bonds is 6. The van der Waals surface area contributed by atoms with Crippen molar-refractivity contribution in [2.75, 3.05) is 5.75 Å². The lowest BCUT2D eigenvalue weighted by atomic mass is 10.00. The number of hydrogen-bond acceptors (Lipinski definition) is 7. The van der Waals surface area contributed by atoms with Crippen molar-refractivity contribution in [3.8, 4) is 0 Å². The second kappa shape index (κ2) is 8.51. The molecule has 1 aliphatic heterocycles. The molecule has 2 fully saturated rings. The molecule has 32 heavy (non-hydrogen) atoms. The summed E-state index contributed by atoms with van der Waals surface area (Å²) < 4.78 is 1.74. The summed E-state index contributed by atoms with van der Waals surface area (Å²) in [5.41, 5.74) is 2.27. The molecule has 1 saturated heterocycles. The van der Waals surface area contributed by atoms with Crippen LogP contribution in [0.5, 0.6) is 0 Å². The number of imide groups is 1. The summed E-state index contributed by atoms with van der Waals surface area (Å²) in [7, 11) is 0. The lowest BCUT2D eigenvalue weighted by Gasteiger charge is -2.20. The number of nitrogens with one attached hydrogen (secondary N) is 2. The Morgan fingerprint density at radius 1 is 1.28 bits per heavy atom. The highest BCUT2D eigenvalue weighted by molar-refractivity contribution is 7.99. The average molecular weight is 478 g/mol. The molecule has 4 rings (SSSR count). The van der Waals surface area contributed by atoms with Gasteiger partial charge >= 0.3 is 6.03 Å². The quantitative estimate of drug-likeness (QED) is 0.376. The Morgan fingerprint density at radius 2 is 1.97 bits per heavy atom. The second-order valence-corrected chi connectivity index (χ2v) is 10.7. The highest BCUT2D eigenvalue weighted by atomic mass is 32.2. The maximum absolute atomic E-state index is 13.4. The minimum atomic E-state index is -1.03. The molecular weight excluding hydrogens is 450 g/mol. The minimum absolute atomic E-state index is 0.0560. The molecular formula is C21H27N5O4S2. The molecule has 1 aliphatic carbocycles. The number of carbonyl (C=O) groups is 3. The fourth-order valence-corrected chi connectivity index (χ4v) is 6.12. The van der Waals surface area contributed by atoms with Gasteiger partial charge in [-0.05, 0) is 45.6 Å². The van der Waals surface area contributed by atoms with E-state index in [2.05, 4.69) is 10.7 Å². The van der Waals surface area contributed by atoms with E-state index in [1.807, 2.05) is 13.8 Å². The molecule has 3 heterocycles. The number of carbonyl (C=O) groups excluding carboxylic acids is 3. The fourth-order valence-electron chi connectivity index (χ4n) is 4.19. The Morgan fingerprint density at radius 3 is 2.59 bits per heavy atom. The van der Waals surface area contributed by atoms with Crippen LogP contribution in [0.4, 0.5) is 4.79 Å². The van der Waals surface area contributed by atoms with Gasteiger partial charge < -0.3 is 5.32 Å². The van der Waals surface area contributed by atoms with Crippen molar-refractivity contribution >= 4 is 51.2 Å². The standard InChI is InChI=1S/C21H27N5O4S2/c1-5-21(4)18(29)26(19(30)23-21)24-14(27)10-31-20-22-16-15(11(2)12(3)32-16)17(28)25(20)13-8-6-7-9-13/h13H,5-10H2,1-4H3,(H,23,30)(H,24,27). The molecule has 2 aromatic rings. The third-order valence-electron chi connectivity index (χ3n) is 6.43. The van der Waals surface area contributed by atoms with Crippen LogP contribution in [-0.4, -0.2) is 43.7 Å². The molecule has 172 valence electrons. The molecule has 0 aromatic carbocycles. The van der Waals surface area contributed by atoms with E-state index < -0.39 is 23.4 Å². The van der Waals surface area contributed by atoms with Crippen molar-refractivity contribution in [2.24, 2.45) is 0 Å². The molecule has 1 atom stereocenters. The Labute approximate surface area is 193 Å². The van der Waals surface area contributed by atoms with Crippen LogP contribution in [0.15, 0.2) is 9.95 Å². The lowest BCUT2D eigenvalue weighted by molar-refractivity contribution is -0.137. The van der Waals surface area contributed by atoms with Gasteiger partial charge in [-0.1, -0.05) is 31.5 Å². The van der Waals surface area contributed by atoms with Gasteiger partial charge in [0.05, 0.1) is 11.1 Å². The van der Waals surface area contributed by atoms with Gasteiger partial charge in [-0.3, -0.25) is 24.4 Å². The van der Waals surface area contributed by atoms with Crippen LogP contribution >= 0.6 is 23.1 Å². The smallest absolute Gasteiger partial charge is 0.322 e. The number of hydrogen-bond donors (Lipinski definition) is 2. The molecule has 1 unspecified atom stereocenters. The molecule has 9 nitrogen and oxygen atoms in total. The third-order valence-corrected chi connectivity index (χ3v) is 8.48. The molecule has 2 N–H and O–H groups in total. The largest absolute Gasteiger partial charge is 0.344 e. The van der Waals surface area contributed by atoms with Crippen molar-refractivity contribution < 1.29 is 14.4 Å². The molecule has 4 amide bonds. The Balaban J connectivity index is 1.57. The van der Waals surface area contributed by atoms with E-state index >= 15 is 0 Å². The molecule has 11 heteroatoms. The normalized spacial score (nSPS) is 21.6. The number of nitrogens with zero attached hydrogens (tertiary/aromatic N) is 3. The minimum Gasteiger partial charge on any atom is -0.322 e. The zero-order chi connectivity index (χ0) is 23.2. The van der Waals surface area contributed by atoms with Gasteiger partial charge in [0.25, 0.3) is 11.5 Å². The van der Waals surface area contributed by atoms with Crippen molar-refractivity contribution in [2.45, 2.75) is 76.5 Å². The van der Waals surface area contributed by atoms with Crippen LogP contribution < -0.4 is 16.3 Å². The SMILES string of the molecule is CCC1(C)NC(=O)N(NC(=O)CSc2nc3sc(C)c(C)c3c(=O)n2C2CCCC2)C1=O. The van der Waals surface area contributed by atoms with Gasteiger partial charge in [-0.15, -0.1) is 11.3 Å². The predicted molar refractivity (Wildman–Crippen MR) is 124 cm³/mol. The van der Waals surface area contributed by atoms with Crippen LogP contribution in [0.1, 0.15) is 62.4 Å². The van der Waals surface area contributed by atoms with Gasteiger partial charge in [-0.2, -0.15) is 5.01 Å². The van der Waals surface area contributed by atoms with Crippen molar-refractivity contribution in [3.63, 3.8) is 0 Å². The van der Waals surface area contributed by atoms with Gasteiger partial charge in [0.15, 0.2) is 5.16 Å². The molecule has 1 saturated carbocycles. The zero-order valence-corrected chi connectivity index (χ0v) is 20.2. The van der Waals surface area contributed by atoms with Gasteiger partial charge in [0.1, 0.15) is 10.4 Å². The van der Waals surface area contributed by atoms with E-state index in [4.69, 9.17) is 4.98 Å². The number of fused-ring (bicyclic) bond motifs is 1. The number of aromatic nitrogens is 2. The maximum atomic E-state index is 13.4. The maximum Gasteiger partial charge on any atom is 0.344 e. The first-order valence-corrected chi connectivity index (χ1v) is 12.6. The zero-order valence-electron chi connectivity index (χ0n) is 18.6. The molecule has 0 radical (unpaired) electrons. The van der Waals surface area contributed by atoms with E-state index in [9.17, 15) is 19.2 Å². The molecule has 0 spiro atoms. The summed E-state index contributed by atoms with van der Waals surface area (Å²) in [6.45, 7) is 7.33. The number of thiophene rings is 1. The summed E-state index contributed by atoms with van der Waals surface area (Å²) in [6.07, 6.45) is 4.35. The van der Waals surface area contributed by atoms with Crippen LogP contribution in [0.25, 0.3) is 10.2 Å². The number of aryl methyl sites for hydroxylation is 2. The summed E-state index contributed by atoms with van der Waals surface area (Å²) in [5, 5.41) is 4.49. The first kappa shape index (κ1) is 22.8. The molecule has 2 aliphatic rings. The first-order chi connectivity index (χ1) is 15.2. The van der Waals surface area contributed by atoms with E-state index in [0.29, 0.717) is 21.8 Å². The van der Waals surface area contributed by atoms with Crippen molar-refractivity contribution in [1.82, 2.24) is 25.3 Å². The number of urea groups is 1. The Bertz CT molecular complexity index is 1170. The first-order valence-electron chi connectivity index (χ1n) is 10.8. The van der Waals surface area contributed by atoms with E-state index in [-0.39, 0.29) is 17.4 Å². The fraction of sp³-hybridized carbons (Fsp3) is 0.571. The summed E-state index contributed by atoms with van der Waals surface area (Å²) in [6, 6.07) is -0.578. The van der Waals surface area contributed by atoms with E-state index in [1.165, 1.54) is 11.3 Å². The Kier molecular flexibility index (Phi) is 6.06. The van der Waals surface area contributed by atoms with Crippen LogP contribution in [-0.2, 0) is 9.59 Å². The van der Waals surface area contributed by atoms with Crippen LogP contribution in [0.3, 0.4) is 0 Å². The highest BCUT2D eigenvalue weighted by Crippen LogP contribution is 2.34. The third kappa shape index (κ3) is 3.81. The van der Waals surface area contributed by atoms with E-state index in [1.54, 1.807) is 18.4 Å². The van der Waals surface area contributed by atoms with Gasteiger partial charge in [0, 0.05) is 10.9 Å². The number of thioether (sulfide) groups is 1. The van der Waals surface area contributed by atoms with E-state index in [0.717, 1.165) is 52.9 Å². The average Bonchev–Trinajstić information content (AvgIpc) is 3.42. The summed E-state index contributed by atoms with van der Waals surface area (Å²) in [5.74, 6) is -1.08. The monoisotopic (exact) mass is 477 g/mol. The number of hydrazine groups is 1. The summed E-state index contributed by atoms with van der Waals surface area (Å²) >= 11 is 2.63. The topological polar surface area (TPSA) is 113 Å². The second-order valence-electron chi connectivity index (χ2n) is 8.55. The summed E-state index contributed by atoms with van der Waals surface area (Å²) in [4.78, 5) is 57.1. The van der Waals surface area contributed by atoms with Crippen LogP contribution in [0, 0.1) is 13.8 Å².